The third-order valence-corrected chi connectivity index (χ3v) is 13.8. The number of rotatable bonds is 8. The first-order valence-corrected chi connectivity index (χ1v) is 17.3. The van der Waals surface area contributed by atoms with Crippen LogP contribution in [0.25, 0.3) is 0 Å². The minimum Gasteiger partial charge on any atom is -0.394 e. The lowest BCUT2D eigenvalue weighted by Gasteiger charge is -2.62. The molecule has 0 aromatic heterocycles. The highest BCUT2D eigenvalue weighted by atomic mass is 16.7. The van der Waals surface area contributed by atoms with E-state index in [2.05, 4.69) is 38.0 Å². The number of aliphatic hydroxyl groups is 2. The smallest absolute Gasteiger partial charge is 0.240 e. The number of likely N-dealkylation sites (tertiary alicyclic amines) is 1. The van der Waals surface area contributed by atoms with Crippen LogP contribution in [-0.2, 0) is 14.4 Å². The number of methoxy groups -OCH3 is 1. The fraction of sp³-hybridized carbons (Fsp3) is 0.971. The molecule has 5 aliphatic carbocycles. The van der Waals surface area contributed by atoms with Crippen LogP contribution in [0, 0.1) is 52.8 Å². The van der Waals surface area contributed by atoms with E-state index >= 15 is 0 Å². The van der Waals surface area contributed by atoms with Gasteiger partial charge in [-0.2, -0.15) is 5.06 Å². The predicted molar refractivity (Wildman–Crippen MR) is 162 cm³/mol. The van der Waals surface area contributed by atoms with Crippen molar-refractivity contribution in [2.75, 3.05) is 33.9 Å². The van der Waals surface area contributed by atoms with E-state index < -0.39 is 24.2 Å². The number of fused-ring (bicyclic) bond motifs is 3. The number of carbonyl (C=O) groups is 1. The molecule has 0 aromatic carbocycles. The Hall–Kier alpha value is -0.770. The molecule has 5 saturated carbocycles. The van der Waals surface area contributed by atoms with Gasteiger partial charge in [-0.15, -0.1) is 0 Å². The third-order valence-electron chi connectivity index (χ3n) is 13.8. The maximum absolute atomic E-state index is 14.1. The van der Waals surface area contributed by atoms with Gasteiger partial charge in [-0.1, -0.05) is 33.6 Å². The topological polar surface area (TPSA) is 94.5 Å². The summed E-state index contributed by atoms with van der Waals surface area (Å²) in [6, 6.07) is 0.238. The van der Waals surface area contributed by atoms with Crippen LogP contribution in [0.3, 0.4) is 0 Å². The molecule has 240 valence electrons. The van der Waals surface area contributed by atoms with E-state index in [9.17, 15) is 15.0 Å². The molecule has 2 bridgehead atoms. The van der Waals surface area contributed by atoms with E-state index in [1.54, 1.807) is 6.92 Å². The van der Waals surface area contributed by atoms with E-state index in [4.69, 9.17) is 9.57 Å². The highest BCUT2D eigenvalue weighted by Crippen LogP contribution is 2.61. The molecule has 2 heterocycles. The van der Waals surface area contributed by atoms with Crippen LogP contribution in [0.15, 0.2) is 0 Å². The van der Waals surface area contributed by atoms with Crippen molar-refractivity contribution in [2.24, 2.45) is 52.8 Å². The van der Waals surface area contributed by atoms with Crippen LogP contribution in [0.4, 0.5) is 0 Å². The van der Waals surface area contributed by atoms with Crippen LogP contribution in [0.2, 0.25) is 0 Å². The van der Waals surface area contributed by atoms with E-state index in [1.807, 2.05) is 12.2 Å². The third kappa shape index (κ3) is 5.28. The van der Waals surface area contributed by atoms with Crippen LogP contribution in [0.5, 0.6) is 0 Å². The number of hydroxylamine groups is 2. The molecule has 42 heavy (non-hydrogen) atoms. The highest BCUT2D eigenvalue weighted by molar-refractivity contribution is 5.82. The van der Waals surface area contributed by atoms with Crippen molar-refractivity contribution in [3.63, 3.8) is 0 Å². The van der Waals surface area contributed by atoms with E-state index in [-0.39, 0.29) is 30.6 Å². The Bertz CT molecular complexity index is 961. The molecule has 2 aliphatic heterocycles. The Balaban J connectivity index is 1.19. The van der Waals surface area contributed by atoms with Crippen molar-refractivity contribution in [1.82, 2.24) is 15.3 Å². The minimum atomic E-state index is -0.769. The molecule has 14 atom stereocenters. The summed E-state index contributed by atoms with van der Waals surface area (Å²) in [5.74, 6) is 3.41. The van der Waals surface area contributed by atoms with Crippen molar-refractivity contribution in [2.45, 2.75) is 122 Å². The first kappa shape index (κ1) is 31.2. The number of nitrogens with zero attached hydrogens (tertiary/aromatic N) is 2. The maximum Gasteiger partial charge on any atom is 0.240 e. The van der Waals surface area contributed by atoms with E-state index in [0.29, 0.717) is 47.6 Å². The first-order valence-electron chi connectivity index (χ1n) is 17.3. The summed E-state index contributed by atoms with van der Waals surface area (Å²) in [7, 11) is 4.17. The fourth-order valence-corrected chi connectivity index (χ4v) is 11.3. The molecule has 6 unspecified atom stereocenters. The van der Waals surface area contributed by atoms with Gasteiger partial charge in [0.2, 0.25) is 5.91 Å². The van der Waals surface area contributed by atoms with E-state index in [0.717, 1.165) is 18.8 Å². The second kappa shape index (κ2) is 12.2. The van der Waals surface area contributed by atoms with Crippen molar-refractivity contribution in [3.05, 3.63) is 0 Å². The van der Waals surface area contributed by atoms with Gasteiger partial charge in [-0.25, -0.2) is 0 Å². The molecular formula is C34H59N3O5. The van der Waals surface area contributed by atoms with Crippen LogP contribution < -0.4 is 5.32 Å². The standard InChI is InChI=1S/C34H59N3O5/c1-19-26-15-22(34(26,3)4)16-27(19)35-33(40)31-30(20(2)39)29(18-38)42-37(31)17-21-9-7-11-25(32(21)41-6)23-10-8-12-28-24(23)13-14-36(28)5/h19-32,38-39H,7-18H2,1-6H3,(H,35,40)/t19-,20-,21?,22+,23?,24?,25?,26-,27-,28?,29-,30-,31-,32?/m0/s1. The van der Waals surface area contributed by atoms with Gasteiger partial charge in [0, 0.05) is 37.6 Å². The van der Waals surface area contributed by atoms with Crippen LogP contribution in [0.1, 0.15) is 85.5 Å². The normalized spacial score (nSPS) is 48.0. The predicted octanol–water partition coefficient (Wildman–Crippen LogP) is 3.70. The number of ether oxygens (including phenoxy) is 1. The average molecular weight is 590 g/mol. The summed E-state index contributed by atoms with van der Waals surface area (Å²) in [6.45, 7) is 10.4. The van der Waals surface area contributed by atoms with Crippen LogP contribution >= 0.6 is 0 Å². The molecule has 3 N–H and O–H groups in total. The number of hydrogen-bond acceptors (Lipinski definition) is 7. The number of hydrogen-bond donors (Lipinski definition) is 3. The summed E-state index contributed by atoms with van der Waals surface area (Å²) < 4.78 is 6.35. The summed E-state index contributed by atoms with van der Waals surface area (Å²) in [5.41, 5.74) is 0.353. The Morgan fingerprint density at radius 3 is 2.50 bits per heavy atom. The fourth-order valence-electron chi connectivity index (χ4n) is 11.3. The number of nitrogens with one attached hydrogen (secondary N) is 1. The molecule has 1 amide bonds. The molecule has 7 rings (SSSR count). The zero-order valence-electron chi connectivity index (χ0n) is 27.1. The average Bonchev–Trinajstić information content (AvgIpc) is 3.54. The zero-order valence-corrected chi connectivity index (χ0v) is 27.1. The lowest BCUT2D eigenvalue weighted by molar-refractivity contribution is -0.193. The highest BCUT2D eigenvalue weighted by Gasteiger charge is 2.58. The number of carbonyl (C=O) groups excluding carboxylic acids is 1. The summed E-state index contributed by atoms with van der Waals surface area (Å²) >= 11 is 0. The first-order chi connectivity index (χ1) is 20.1. The molecule has 0 radical (unpaired) electrons. The monoisotopic (exact) mass is 589 g/mol. The molecule has 8 nitrogen and oxygen atoms in total. The van der Waals surface area contributed by atoms with Gasteiger partial charge in [-0.05, 0) is 106 Å². The minimum absolute atomic E-state index is 0.0572. The molecule has 2 saturated heterocycles. The zero-order chi connectivity index (χ0) is 29.9. The SMILES string of the molecule is COC1C(CN2O[C@@H](CO)[C@H]([C@H](C)O)[C@H]2C(=O)N[C@H]2C[C@H]3C[C@@H]([C@@H]2C)C3(C)C)CCCC1C1CCCC2C1CCN2C. The molecule has 0 aromatic rings. The van der Waals surface area contributed by atoms with Gasteiger partial charge in [0.25, 0.3) is 0 Å². The summed E-state index contributed by atoms with van der Waals surface area (Å²) in [4.78, 5) is 23.1. The molecule has 7 aliphatic rings. The molecule has 7 fully saturated rings. The van der Waals surface area contributed by atoms with Gasteiger partial charge >= 0.3 is 0 Å². The number of amides is 1. The van der Waals surface area contributed by atoms with Crippen molar-refractivity contribution >= 4 is 5.91 Å². The van der Waals surface area contributed by atoms with Crippen molar-refractivity contribution in [1.29, 1.82) is 0 Å². The summed E-state index contributed by atoms with van der Waals surface area (Å²) in [5, 5.41) is 26.4. The quantitative estimate of drug-likeness (QED) is 0.398. The Morgan fingerprint density at radius 2 is 1.83 bits per heavy atom. The molecule has 8 heteroatoms. The lowest BCUT2D eigenvalue weighted by Crippen LogP contribution is -2.62. The molecule has 0 spiro atoms. The van der Waals surface area contributed by atoms with Gasteiger partial charge in [0.1, 0.15) is 12.1 Å². The number of aliphatic hydroxyl groups excluding tert-OH is 2. The van der Waals surface area contributed by atoms with Crippen molar-refractivity contribution in [3.8, 4) is 0 Å². The Kier molecular flexibility index (Phi) is 9.07. The van der Waals surface area contributed by atoms with Crippen LogP contribution in [-0.4, -0.2) is 96.4 Å². The van der Waals surface area contributed by atoms with Gasteiger partial charge in [-0.3, -0.25) is 9.63 Å². The van der Waals surface area contributed by atoms with Gasteiger partial charge in [0.15, 0.2) is 0 Å². The summed E-state index contributed by atoms with van der Waals surface area (Å²) in [6.07, 6.45) is 9.71. The Labute approximate surface area is 254 Å². The second-order valence-electron chi connectivity index (χ2n) is 15.9. The second-order valence-corrected chi connectivity index (χ2v) is 15.9. The molecular weight excluding hydrogens is 530 g/mol. The largest absolute Gasteiger partial charge is 0.394 e. The van der Waals surface area contributed by atoms with Crippen molar-refractivity contribution < 1.29 is 24.6 Å². The van der Waals surface area contributed by atoms with E-state index in [1.165, 1.54) is 51.5 Å². The maximum atomic E-state index is 14.1. The lowest BCUT2D eigenvalue weighted by atomic mass is 9.45. The van der Waals surface area contributed by atoms with Gasteiger partial charge < -0.3 is 25.2 Å². The van der Waals surface area contributed by atoms with Gasteiger partial charge in [0.05, 0.1) is 18.8 Å². The Morgan fingerprint density at radius 1 is 1.10 bits per heavy atom.